The van der Waals surface area contributed by atoms with Gasteiger partial charge in [0.1, 0.15) is 0 Å². The molecule has 12 heteroatoms. The topological polar surface area (TPSA) is 149 Å². The van der Waals surface area contributed by atoms with Crippen LogP contribution in [0, 0.1) is 0 Å². The Morgan fingerprint density at radius 3 is 0.750 bits per heavy atom. The third kappa shape index (κ3) is 213. The summed E-state index contributed by atoms with van der Waals surface area (Å²) in [4.78, 5) is 0. The van der Waals surface area contributed by atoms with Gasteiger partial charge in [-0.3, -0.25) is 18.2 Å². The van der Waals surface area contributed by atoms with Gasteiger partial charge in [-0.25, -0.2) is 0 Å². The molecule has 0 aromatic rings. The van der Waals surface area contributed by atoms with Gasteiger partial charge in [-0.1, -0.05) is 0 Å². The van der Waals surface area contributed by atoms with Gasteiger partial charge in [-0.05, 0) is 0 Å². The molecule has 0 saturated carbocycles. The Kier molecular flexibility index (Phi) is 21.2. The van der Waals surface area contributed by atoms with Crippen molar-refractivity contribution in [1.82, 2.24) is 0 Å². The molecule has 0 aromatic heterocycles. The summed E-state index contributed by atoms with van der Waals surface area (Å²) in [6, 6.07) is 0. The molecular formula is H7BaKO8S2. The smallest absolute Gasteiger partial charge is 1.00 e. The predicted octanol–water partition coefficient (Wildman–Crippen LogP) is -4.34. The van der Waals surface area contributed by atoms with Crippen LogP contribution in [-0.4, -0.2) is 83.9 Å². The van der Waals surface area contributed by atoms with Crippen molar-refractivity contribution in [2.75, 3.05) is 0 Å². The van der Waals surface area contributed by atoms with Crippen molar-refractivity contribution in [3.63, 3.8) is 0 Å². The van der Waals surface area contributed by atoms with Crippen molar-refractivity contribution in [3.8, 4) is 0 Å². The van der Waals surface area contributed by atoms with E-state index in [1.165, 1.54) is 0 Å². The zero-order valence-electron chi connectivity index (χ0n) is 8.95. The predicted molar refractivity (Wildman–Crippen MR) is 37.4 cm³/mol. The standard InChI is InChI=1S/Ba.K.2H2O4S.3H/c;;2*1-5(2,3)4;;;/h;;2*(H2,1,2,3,4);;;/q+2;+1;;;3*-1. The molecule has 0 spiro atoms. The molecule has 12 heavy (non-hydrogen) atoms. The Labute approximate surface area is 157 Å². The molecule has 0 amide bonds. The van der Waals surface area contributed by atoms with Crippen LogP contribution in [0.2, 0.25) is 0 Å². The van der Waals surface area contributed by atoms with E-state index in [4.69, 9.17) is 35.0 Å². The Morgan fingerprint density at radius 2 is 0.750 bits per heavy atom. The van der Waals surface area contributed by atoms with Crippen LogP contribution in [0.1, 0.15) is 4.28 Å². The fourth-order valence-corrected chi connectivity index (χ4v) is 0. The van der Waals surface area contributed by atoms with E-state index in [1.807, 2.05) is 0 Å². The molecule has 8 nitrogen and oxygen atoms in total. The summed E-state index contributed by atoms with van der Waals surface area (Å²) in [5.41, 5.74) is 0. The first-order valence-electron chi connectivity index (χ1n) is 1.40. The van der Waals surface area contributed by atoms with Crippen LogP contribution in [0.4, 0.5) is 0 Å². The molecule has 0 atom stereocenters. The maximum Gasteiger partial charge on any atom is 2.00 e. The van der Waals surface area contributed by atoms with Crippen LogP contribution in [-0.2, 0) is 20.8 Å². The van der Waals surface area contributed by atoms with Gasteiger partial charge in [0.15, 0.2) is 0 Å². The second-order valence-corrected chi connectivity index (χ2v) is 2.69. The molecule has 0 radical (unpaired) electrons. The van der Waals surface area contributed by atoms with Crippen molar-refractivity contribution in [2.24, 2.45) is 0 Å². The first kappa shape index (κ1) is 24.3. The van der Waals surface area contributed by atoms with E-state index in [1.54, 1.807) is 0 Å². The maximum atomic E-state index is 8.74. The molecule has 4 N–H and O–H groups in total. The summed E-state index contributed by atoms with van der Waals surface area (Å²) in [5.74, 6) is 0. The Hall–Kier alpha value is 2.95. The average Bonchev–Trinajstić information content (AvgIpc) is 1.12. The van der Waals surface area contributed by atoms with Crippen LogP contribution >= 0.6 is 0 Å². The summed E-state index contributed by atoms with van der Waals surface area (Å²) < 4.78 is 63.2. The number of rotatable bonds is 0. The molecule has 0 unspecified atom stereocenters. The molecule has 0 aliphatic rings. The van der Waals surface area contributed by atoms with Crippen LogP contribution in [0.15, 0.2) is 0 Å². The molecule has 0 rings (SSSR count). The summed E-state index contributed by atoms with van der Waals surface area (Å²) in [5, 5.41) is 0. The largest absolute Gasteiger partial charge is 2.00 e. The van der Waals surface area contributed by atoms with Gasteiger partial charge in [0.2, 0.25) is 0 Å². The quantitative estimate of drug-likeness (QED) is 0.245. The van der Waals surface area contributed by atoms with Crippen LogP contribution in [0.25, 0.3) is 0 Å². The van der Waals surface area contributed by atoms with Crippen molar-refractivity contribution < 1.29 is 90.7 Å². The van der Waals surface area contributed by atoms with Gasteiger partial charge in [-0.15, -0.1) is 0 Å². The van der Waals surface area contributed by atoms with E-state index in [9.17, 15) is 0 Å². The Bertz CT molecular complexity index is 224. The first-order valence-corrected chi connectivity index (χ1v) is 4.19. The van der Waals surface area contributed by atoms with Crippen molar-refractivity contribution in [2.45, 2.75) is 0 Å². The third-order valence-corrected chi connectivity index (χ3v) is 0. The van der Waals surface area contributed by atoms with E-state index >= 15 is 0 Å². The molecule has 70 valence electrons. The molecule has 0 bridgehead atoms. The maximum absolute atomic E-state index is 8.74. The second-order valence-electron chi connectivity index (χ2n) is 0.896. The van der Waals surface area contributed by atoms with Crippen molar-refractivity contribution in [1.29, 1.82) is 0 Å². The molecule has 0 saturated heterocycles. The molecular weight excluding hydrogens is 369 g/mol. The van der Waals surface area contributed by atoms with Crippen LogP contribution in [0.3, 0.4) is 0 Å². The number of hydrogen-bond acceptors (Lipinski definition) is 4. The summed E-state index contributed by atoms with van der Waals surface area (Å²) >= 11 is 0. The summed E-state index contributed by atoms with van der Waals surface area (Å²) in [6.07, 6.45) is 0. The summed E-state index contributed by atoms with van der Waals surface area (Å²) in [6.45, 7) is 0. The fraction of sp³-hybridized carbons (Fsp3) is 0. The average molecular weight is 376 g/mol. The monoisotopic (exact) mass is 376 g/mol. The second kappa shape index (κ2) is 10.5. The zero-order chi connectivity index (χ0) is 9.00. The SMILES string of the molecule is O=S(=O)(O)O.O=S(=O)(O)O.[Ba+2].[H-].[H-].[H-].[K+]. The minimum atomic E-state index is -4.67. The van der Waals surface area contributed by atoms with Crippen LogP contribution in [0.5, 0.6) is 0 Å². The van der Waals surface area contributed by atoms with E-state index in [2.05, 4.69) is 0 Å². The molecule has 0 heterocycles. The Morgan fingerprint density at radius 1 is 0.750 bits per heavy atom. The van der Waals surface area contributed by atoms with E-state index in [-0.39, 0.29) is 105 Å². The summed E-state index contributed by atoms with van der Waals surface area (Å²) in [7, 11) is -9.33. The normalized spacial score (nSPS) is 9.67. The Balaban J connectivity index is -0.0000000128. The van der Waals surface area contributed by atoms with E-state index in [0.29, 0.717) is 0 Å². The minimum absolute atomic E-state index is 0. The fourth-order valence-electron chi connectivity index (χ4n) is 0. The van der Waals surface area contributed by atoms with Crippen LogP contribution < -0.4 is 51.4 Å². The molecule has 0 aliphatic carbocycles. The van der Waals surface area contributed by atoms with Gasteiger partial charge >= 0.3 is 121 Å². The van der Waals surface area contributed by atoms with Gasteiger partial charge in [0.25, 0.3) is 0 Å². The van der Waals surface area contributed by atoms with Gasteiger partial charge in [-0.2, -0.15) is 16.8 Å². The van der Waals surface area contributed by atoms with E-state index in [0.717, 1.165) is 0 Å². The minimum Gasteiger partial charge on any atom is -1.00 e. The van der Waals surface area contributed by atoms with Crippen molar-refractivity contribution >= 4 is 69.7 Å². The van der Waals surface area contributed by atoms with Gasteiger partial charge in [0, 0.05) is 0 Å². The van der Waals surface area contributed by atoms with Crippen molar-refractivity contribution in [3.05, 3.63) is 0 Å². The first-order chi connectivity index (χ1) is 4.00. The van der Waals surface area contributed by atoms with Gasteiger partial charge in [0.05, 0.1) is 0 Å². The third-order valence-electron chi connectivity index (χ3n) is 0. The molecule has 0 aromatic carbocycles. The molecule has 0 aliphatic heterocycles. The van der Waals surface area contributed by atoms with Gasteiger partial charge < -0.3 is 4.28 Å². The van der Waals surface area contributed by atoms with E-state index < -0.39 is 20.8 Å². The number of hydrogen-bond donors (Lipinski definition) is 4. The zero-order valence-corrected chi connectivity index (χ0v) is 15.1. The molecule has 0 fully saturated rings.